The molecule has 0 spiro atoms. The molecule has 7 saturated carbocycles. The molecular formula is C62H64O16. The van der Waals surface area contributed by atoms with E-state index in [1.165, 1.54) is 28.4 Å². The zero-order valence-electron chi connectivity index (χ0n) is 44.8. The van der Waals surface area contributed by atoms with Gasteiger partial charge in [0.1, 0.15) is 23.0 Å². The maximum absolute atomic E-state index is 15.3. The summed E-state index contributed by atoms with van der Waals surface area (Å²) in [5, 5.41) is 30.8. The summed E-state index contributed by atoms with van der Waals surface area (Å²) in [6, 6.07) is 16.0. The van der Waals surface area contributed by atoms with Crippen LogP contribution in [0.3, 0.4) is 0 Å². The Morgan fingerprint density at radius 2 is 0.615 bits per heavy atom. The van der Waals surface area contributed by atoms with Crippen molar-refractivity contribution in [2.45, 2.75) is 84.0 Å². The van der Waals surface area contributed by atoms with Crippen molar-refractivity contribution < 1.29 is 76.8 Å². The van der Waals surface area contributed by atoms with Gasteiger partial charge in [0.2, 0.25) is 0 Å². The first-order valence-electron chi connectivity index (χ1n) is 28.3. The molecule has 0 amide bonds. The minimum absolute atomic E-state index is 0.269. The highest BCUT2D eigenvalue weighted by molar-refractivity contribution is 6.00. The minimum atomic E-state index is -1.59. The van der Waals surface area contributed by atoms with E-state index in [1.54, 1.807) is 28.4 Å². The third-order valence-electron chi connectivity index (χ3n) is 25.0. The number of fused-ring (bicyclic) bond motifs is 46. The van der Waals surface area contributed by atoms with Gasteiger partial charge in [-0.05, 0) is 96.7 Å². The summed E-state index contributed by atoms with van der Waals surface area (Å²) < 4.78 is 63.7. The van der Waals surface area contributed by atoms with Crippen LogP contribution in [0.2, 0.25) is 0 Å². The molecule has 408 valence electrons. The molecule has 16 nitrogen and oxygen atoms in total. The van der Waals surface area contributed by atoms with Crippen LogP contribution < -0.4 is 18.9 Å². The fourth-order valence-electron chi connectivity index (χ4n) is 24.4. The van der Waals surface area contributed by atoms with E-state index in [-0.39, 0.29) is 47.3 Å². The number of methoxy groups -OCH3 is 8. The fraction of sp³-hybridized carbons (Fsp3) is 0.613. The van der Waals surface area contributed by atoms with Crippen molar-refractivity contribution in [3.05, 3.63) is 70.8 Å². The van der Waals surface area contributed by atoms with Gasteiger partial charge in [0.15, 0.2) is 22.4 Å². The van der Waals surface area contributed by atoms with Gasteiger partial charge in [-0.2, -0.15) is 0 Å². The normalized spacial score (nSPS) is 48.0. The minimum Gasteiger partial charge on any atom is -0.496 e. The Labute approximate surface area is 449 Å². The lowest BCUT2D eigenvalue weighted by atomic mass is 9.42. The number of carbonyl (C=O) groups excluding carboxylic acids is 4. The third-order valence-corrected chi connectivity index (χ3v) is 25.0. The highest BCUT2D eigenvalue weighted by Gasteiger charge is 2.94. The largest absolute Gasteiger partial charge is 0.496 e. The van der Waals surface area contributed by atoms with E-state index in [9.17, 15) is 10.2 Å². The molecule has 78 heavy (non-hydrogen) atoms. The summed E-state index contributed by atoms with van der Waals surface area (Å²) in [5.41, 5.74) is -2.50. The maximum atomic E-state index is 15.3. The molecule has 4 heterocycles. The van der Waals surface area contributed by atoms with Crippen LogP contribution in [0.1, 0.15) is 71.6 Å². The van der Waals surface area contributed by atoms with E-state index in [0.717, 1.165) is 66.8 Å². The van der Waals surface area contributed by atoms with Gasteiger partial charge in [-0.15, -0.1) is 0 Å². The quantitative estimate of drug-likeness (QED) is 0.152. The van der Waals surface area contributed by atoms with Crippen LogP contribution in [0.4, 0.5) is 0 Å². The highest BCUT2D eigenvalue weighted by atomic mass is 16.6. The number of hydrogen-bond acceptors (Lipinski definition) is 16. The molecule has 17 rings (SSSR count). The highest BCUT2D eigenvalue weighted by Crippen LogP contribution is 2.88. The summed E-state index contributed by atoms with van der Waals surface area (Å²) in [6.07, 6.45) is 0.444. The molecule has 12 bridgehead atoms. The second kappa shape index (κ2) is 14.8. The molecule has 26 atom stereocenters. The molecule has 13 aliphatic rings. The summed E-state index contributed by atoms with van der Waals surface area (Å²) in [4.78, 5) is 61.2. The van der Waals surface area contributed by atoms with Gasteiger partial charge in [0.25, 0.3) is 0 Å². The Morgan fingerprint density at radius 1 is 0.385 bits per heavy atom. The molecule has 9 aliphatic carbocycles. The predicted octanol–water partition coefficient (Wildman–Crippen LogP) is 6.06. The lowest BCUT2D eigenvalue weighted by Crippen LogP contribution is -2.68. The van der Waals surface area contributed by atoms with E-state index in [0.29, 0.717) is 25.7 Å². The molecule has 11 fully saturated rings. The summed E-state index contributed by atoms with van der Waals surface area (Å²) in [5.74, 6) is -7.89. The molecular weight excluding hydrogens is 1000 g/mol. The van der Waals surface area contributed by atoms with Crippen LogP contribution in [0.5, 0.6) is 23.0 Å². The lowest BCUT2D eigenvalue weighted by molar-refractivity contribution is -0.203. The van der Waals surface area contributed by atoms with E-state index >= 15 is 19.2 Å². The zero-order valence-corrected chi connectivity index (χ0v) is 44.8. The Kier molecular flexibility index (Phi) is 8.95. The molecule has 4 aromatic carbocycles. The number of esters is 4. The van der Waals surface area contributed by atoms with Crippen molar-refractivity contribution in [2.75, 3.05) is 56.9 Å². The average Bonchev–Trinajstić information content (AvgIpc) is 2.47. The first kappa shape index (κ1) is 47.2. The van der Waals surface area contributed by atoms with E-state index in [4.69, 9.17) is 47.4 Å². The summed E-state index contributed by atoms with van der Waals surface area (Å²) >= 11 is 0. The van der Waals surface area contributed by atoms with Crippen LogP contribution in [0.25, 0.3) is 21.5 Å². The standard InChI is InChI=1S/C62H64O16/c1-69-51-21-13-9-10-14-22(21)52(70-2)38-30-19-29(37(38)51)45-46(30)60(56(66)74-6)42-26-17-25(41(42)59(45,77-60)55(65)73-5)33-34(26)50(64)36-28-18-27(35(36)49(33)63)43-44(28)62(58(68)76-8)48-32-20-31(47(48)61(43,78-62)57(67)75-7)39-40(32)54(72-4)24-16-12-11-15-23(24)53(39)71-3/h9-16,25-36,41-50,63-64H,17-20H2,1-8H3/t25-,26+,27+,28-,29+,30-,31-,32+,33-,34+,35+,36-,41-,42+,43+,44-,45+,46-,47-,48+,49?,50?,59-,60+,61+,62-. The molecule has 2 N–H and O–H groups in total. The number of rotatable bonds is 8. The Balaban J connectivity index is 0.811. The van der Waals surface area contributed by atoms with Crippen LogP contribution >= 0.6 is 0 Å². The fourth-order valence-corrected chi connectivity index (χ4v) is 24.4. The molecule has 0 radical (unpaired) electrons. The maximum Gasteiger partial charge on any atom is 0.338 e. The second-order valence-electron chi connectivity index (χ2n) is 25.7. The predicted molar refractivity (Wildman–Crippen MR) is 273 cm³/mol. The molecule has 4 saturated heterocycles. The van der Waals surface area contributed by atoms with Gasteiger partial charge < -0.3 is 57.6 Å². The average molecular weight is 1070 g/mol. The van der Waals surface area contributed by atoms with Crippen molar-refractivity contribution in [3.63, 3.8) is 0 Å². The number of aliphatic hydroxyl groups is 2. The van der Waals surface area contributed by atoms with Crippen molar-refractivity contribution >= 4 is 45.4 Å². The van der Waals surface area contributed by atoms with Gasteiger partial charge in [-0.1, -0.05) is 48.5 Å². The third kappa shape index (κ3) is 4.43. The van der Waals surface area contributed by atoms with Gasteiger partial charge >= 0.3 is 23.9 Å². The van der Waals surface area contributed by atoms with Crippen molar-refractivity contribution in [3.8, 4) is 23.0 Å². The number of hydrogen-bond donors (Lipinski definition) is 2. The van der Waals surface area contributed by atoms with E-state index in [1.807, 2.05) is 48.5 Å². The Bertz CT molecular complexity index is 3010. The number of aliphatic hydroxyl groups excluding tert-OH is 2. The monoisotopic (exact) mass is 1060 g/mol. The molecule has 0 aromatic heterocycles. The summed E-state index contributed by atoms with van der Waals surface area (Å²) in [7, 11) is 12.2. The van der Waals surface area contributed by atoms with Crippen LogP contribution in [0, 0.1) is 94.7 Å². The first-order chi connectivity index (χ1) is 37.8. The molecule has 16 heteroatoms. The van der Waals surface area contributed by atoms with Crippen LogP contribution in [0.15, 0.2) is 48.5 Å². The first-order valence-corrected chi connectivity index (χ1v) is 28.3. The van der Waals surface area contributed by atoms with E-state index in [2.05, 4.69) is 0 Å². The lowest BCUT2D eigenvalue weighted by Gasteiger charge is -2.60. The van der Waals surface area contributed by atoms with Gasteiger partial charge in [-0.25, -0.2) is 19.2 Å². The van der Waals surface area contributed by atoms with Crippen LogP contribution in [-0.4, -0.2) is 126 Å². The summed E-state index contributed by atoms with van der Waals surface area (Å²) in [6.45, 7) is 0. The number of ether oxygens (including phenoxy) is 10. The molecule has 4 aromatic rings. The number of benzene rings is 4. The van der Waals surface area contributed by atoms with Gasteiger partial charge in [0.05, 0.1) is 69.1 Å². The van der Waals surface area contributed by atoms with Crippen LogP contribution in [-0.2, 0) is 47.6 Å². The van der Waals surface area contributed by atoms with Crippen molar-refractivity contribution in [1.29, 1.82) is 0 Å². The smallest absolute Gasteiger partial charge is 0.338 e. The molecule has 4 aliphatic heterocycles. The zero-order chi connectivity index (χ0) is 53.5. The van der Waals surface area contributed by atoms with Crippen molar-refractivity contribution in [2.24, 2.45) is 94.7 Å². The topological polar surface area (TPSA) is 201 Å². The SMILES string of the molecule is COC(=O)[C@@]12O[C@@](C(=O)OC)([C@H]3[C@H]4C[C@H]([C@H]5C(O)[C@H]6[C@@H]7C[C@H]([C@H]6C(O)[C@@H]45)[C@@H]4[C@H]7[C@]5(C(=O)OC)O[C@@]4(C(=O)OC)[C@@H]4[C@H]5[C@@H]5C[C@H]4c4c5c(OC)c5ccccc5c4OC)[C@H]31)[C@H]1[C@@H]2[C@H]2C[C@@H]1c1c2c(OC)c2ccccc2c1OC. The van der Waals surface area contributed by atoms with Gasteiger partial charge in [0, 0.05) is 91.1 Å². The van der Waals surface area contributed by atoms with Gasteiger partial charge in [-0.3, -0.25) is 0 Å². The Hall–Kier alpha value is -5.68. The second-order valence-corrected chi connectivity index (χ2v) is 25.7. The Morgan fingerprint density at radius 3 is 0.821 bits per heavy atom. The van der Waals surface area contributed by atoms with E-state index < -0.39 is 130 Å². The number of carbonyl (C=O) groups is 4. The van der Waals surface area contributed by atoms with Crippen molar-refractivity contribution in [1.82, 2.24) is 0 Å². The molecule has 2 unspecified atom stereocenters.